The van der Waals surface area contributed by atoms with Crippen LogP contribution in [0.5, 0.6) is 5.75 Å². The highest BCUT2D eigenvalue weighted by atomic mass is 35.5. The van der Waals surface area contributed by atoms with Crippen LogP contribution < -0.4 is 5.32 Å². The molecule has 1 amide bonds. The maximum absolute atomic E-state index is 14.5. The number of hydrogen-bond donors (Lipinski definition) is 3. The van der Waals surface area contributed by atoms with Crippen LogP contribution in [0, 0.1) is 23.0 Å². The van der Waals surface area contributed by atoms with Gasteiger partial charge in [0.05, 0.1) is 28.4 Å². The molecule has 0 spiro atoms. The van der Waals surface area contributed by atoms with Gasteiger partial charge in [-0.2, -0.15) is 5.26 Å². The molecule has 4 rings (SSSR count). The molecule has 216 valence electrons. The van der Waals surface area contributed by atoms with Crippen molar-refractivity contribution in [3.05, 3.63) is 134 Å². The van der Waals surface area contributed by atoms with Gasteiger partial charge >= 0.3 is 0 Å². The second kappa shape index (κ2) is 12.5. The number of halogens is 4. The van der Waals surface area contributed by atoms with Crippen LogP contribution in [0.15, 0.2) is 84.9 Å². The summed E-state index contributed by atoms with van der Waals surface area (Å²) in [5.41, 5.74) is -2.93. The van der Waals surface area contributed by atoms with Crippen molar-refractivity contribution in [2.75, 3.05) is 6.54 Å². The molecule has 3 N–H and O–H groups in total. The third-order valence-electron chi connectivity index (χ3n) is 6.58. The number of aliphatic hydroxyl groups is 1. The minimum Gasteiger partial charge on any atom is -0.507 e. The number of nitrogens with one attached hydrogen (secondary N) is 1. The first-order valence-corrected chi connectivity index (χ1v) is 14.7. The zero-order chi connectivity index (χ0) is 30.7. The van der Waals surface area contributed by atoms with E-state index in [2.05, 4.69) is 5.32 Å². The van der Waals surface area contributed by atoms with Crippen molar-refractivity contribution in [3.8, 4) is 11.8 Å². The third-order valence-corrected chi connectivity index (χ3v) is 9.26. The molecule has 0 fully saturated rings. The van der Waals surface area contributed by atoms with Crippen LogP contribution in [0.2, 0.25) is 10.0 Å². The summed E-state index contributed by atoms with van der Waals surface area (Å²) in [4.78, 5) is 13.0. The van der Waals surface area contributed by atoms with E-state index in [-0.39, 0.29) is 33.0 Å². The fourth-order valence-corrected chi connectivity index (χ4v) is 7.10. The molecule has 12 heteroatoms. The monoisotopic (exact) mass is 630 g/mol. The lowest BCUT2D eigenvalue weighted by Crippen LogP contribution is -2.48. The topological polar surface area (TPSA) is 127 Å². The lowest BCUT2D eigenvalue weighted by molar-refractivity contribution is 0.0294. The van der Waals surface area contributed by atoms with Gasteiger partial charge in [-0.25, -0.2) is 17.2 Å². The van der Waals surface area contributed by atoms with E-state index in [1.807, 2.05) is 6.07 Å². The summed E-state index contributed by atoms with van der Waals surface area (Å²) < 4.78 is 56.8. The fraction of sp³-hybridized carbons (Fsp3) is 0.133. The Hall–Kier alpha value is -4.01. The van der Waals surface area contributed by atoms with Gasteiger partial charge in [0, 0.05) is 5.02 Å². The zero-order valence-electron chi connectivity index (χ0n) is 21.6. The number of aromatic hydroxyl groups is 1. The predicted octanol–water partition coefficient (Wildman–Crippen LogP) is 5.82. The van der Waals surface area contributed by atoms with Gasteiger partial charge in [0.2, 0.25) is 0 Å². The Balaban J connectivity index is 1.91. The number of nitriles is 1. The molecule has 0 heterocycles. The highest BCUT2D eigenvalue weighted by Crippen LogP contribution is 2.43. The molecule has 0 aliphatic carbocycles. The van der Waals surface area contributed by atoms with Gasteiger partial charge in [0.15, 0.2) is 21.5 Å². The van der Waals surface area contributed by atoms with E-state index in [9.17, 15) is 37.5 Å². The fourth-order valence-electron chi connectivity index (χ4n) is 4.55. The average Bonchev–Trinajstić information content (AvgIpc) is 2.94. The summed E-state index contributed by atoms with van der Waals surface area (Å²) in [5, 5.41) is 32.4. The van der Waals surface area contributed by atoms with E-state index in [0.29, 0.717) is 16.7 Å². The van der Waals surface area contributed by atoms with Gasteiger partial charge in [-0.05, 0) is 65.2 Å². The summed E-state index contributed by atoms with van der Waals surface area (Å²) in [7, 11) is -4.48. The number of nitrogens with zero attached hydrogens (tertiary/aromatic N) is 1. The van der Waals surface area contributed by atoms with Gasteiger partial charge in [0.1, 0.15) is 22.7 Å². The molecular formula is C30H22Cl2F2N2O5S. The average molecular weight is 631 g/mol. The number of para-hydroxylation sites is 1. The van der Waals surface area contributed by atoms with E-state index < -0.39 is 50.5 Å². The number of benzene rings is 4. The predicted molar refractivity (Wildman–Crippen MR) is 154 cm³/mol. The molecule has 0 saturated heterocycles. The lowest BCUT2D eigenvalue weighted by atomic mass is 9.86. The molecule has 4 aromatic carbocycles. The smallest absolute Gasteiger partial charge is 0.255 e. The minimum absolute atomic E-state index is 0.0264. The molecule has 0 aliphatic rings. The molecule has 0 bridgehead atoms. The van der Waals surface area contributed by atoms with Crippen LogP contribution in [-0.2, 0) is 21.2 Å². The Morgan fingerprint density at radius 3 is 2.29 bits per heavy atom. The number of phenolic OH excluding ortho intramolecular Hbond substituents is 1. The molecule has 42 heavy (non-hydrogen) atoms. The minimum atomic E-state index is -4.48. The highest BCUT2D eigenvalue weighted by Gasteiger charge is 2.48. The molecule has 0 radical (unpaired) electrons. The molecule has 2 atom stereocenters. The summed E-state index contributed by atoms with van der Waals surface area (Å²) in [6.45, 7) is -0.826. The molecule has 7 nitrogen and oxygen atoms in total. The Labute approximate surface area is 250 Å². The normalized spacial score (nSPS) is 13.5. The van der Waals surface area contributed by atoms with Crippen molar-refractivity contribution < 1.29 is 32.2 Å². The molecule has 0 aromatic heterocycles. The largest absolute Gasteiger partial charge is 0.507 e. The van der Waals surface area contributed by atoms with Crippen LogP contribution in [0.3, 0.4) is 0 Å². The van der Waals surface area contributed by atoms with Crippen LogP contribution in [0.25, 0.3) is 0 Å². The van der Waals surface area contributed by atoms with E-state index in [1.165, 1.54) is 66.7 Å². The van der Waals surface area contributed by atoms with Gasteiger partial charge in [-0.3, -0.25) is 4.79 Å². The van der Waals surface area contributed by atoms with Gasteiger partial charge in [0.25, 0.3) is 5.91 Å². The number of carbonyl (C=O) groups excluding carboxylic acids is 1. The van der Waals surface area contributed by atoms with Crippen LogP contribution >= 0.6 is 23.2 Å². The summed E-state index contributed by atoms with van der Waals surface area (Å²) >= 11 is 12.2. The first-order chi connectivity index (χ1) is 19.9. The van der Waals surface area contributed by atoms with Crippen molar-refractivity contribution in [3.63, 3.8) is 0 Å². The number of sulfone groups is 1. The van der Waals surface area contributed by atoms with Crippen LogP contribution in [0.4, 0.5) is 8.78 Å². The second-order valence-corrected chi connectivity index (χ2v) is 12.3. The molecule has 0 saturated carbocycles. The first kappa shape index (κ1) is 30.9. The van der Waals surface area contributed by atoms with E-state index in [0.717, 1.165) is 12.1 Å². The highest BCUT2D eigenvalue weighted by molar-refractivity contribution is 7.91. The second-order valence-electron chi connectivity index (χ2n) is 9.42. The number of rotatable bonds is 9. The van der Waals surface area contributed by atoms with Crippen LogP contribution in [-0.4, -0.2) is 31.1 Å². The third kappa shape index (κ3) is 6.55. The van der Waals surface area contributed by atoms with Gasteiger partial charge in [-0.15, -0.1) is 0 Å². The van der Waals surface area contributed by atoms with Gasteiger partial charge < -0.3 is 15.5 Å². The van der Waals surface area contributed by atoms with E-state index in [1.54, 1.807) is 0 Å². The Morgan fingerprint density at radius 2 is 1.67 bits per heavy atom. The Morgan fingerprint density at radius 1 is 0.976 bits per heavy atom. The van der Waals surface area contributed by atoms with Crippen LogP contribution in [0.1, 0.15) is 37.9 Å². The quantitative estimate of drug-likeness (QED) is 0.214. The summed E-state index contributed by atoms with van der Waals surface area (Å²) in [5.74, 6) is -4.50. The summed E-state index contributed by atoms with van der Waals surface area (Å²) in [6.07, 6.45) is 0. The Kier molecular flexibility index (Phi) is 9.18. The maximum Gasteiger partial charge on any atom is 0.255 e. The number of carbonyl (C=O) groups is 1. The van der Waals surface area contributed by atoms with Crippen molar-refractivity contribution in [1.82, 2.24) is 5.32 Å². The van der Waals surface area contributed by atoms with Crippen molar-refractivity contribution in [1.29, 1.82) is 5.26 Å². The summed E-state index contributed by atoms with van der Waals surface area (Å²) in [6, 6.07) is 19.4. The molecular weight excluding hydrogens is 609 g/mol. The zero-order valence-corrected chi connectivity index (χ0v) is 23.9. The number of hydrogen-bond acceptors (Lipinski definition) is 6. The molecule has 2 unspecified atom stereocenters. The standard InChI is InChI=1S/C30H22Cl2F2N2O5S/c31-22-10-5-18(6-11-22)16-42(40,41)28(19-7-8-20(15-35)24(32)13-19)30(39,21-9-12-25(33)26(34)14-21)17-36-29(38)23-3-1-2-4-27(23)37/h1-14,28,37,39H,16-17H2,(H,36,38). The van der Waals surface area contributed by atoms with Crippen molar-refractivity contribution in [2.24, 2.45) is 0 Å². The number of phenols is 1. The Bertz CT molecular complexity index is 1800. The van der Waals surface area contributed by atoms with E-state index >= 15 is 0 Å². The molecule has 4 aromatic rings. The van der Waals surface area contributed by atoms with Crippen molar-refractivity contribution in [2.45, 2.75) is 16.6 Å². The number of amides is 1. The SMILES string of the molecule is N#Cc1ccc(C(C(O)(CNC(=O)c2ccccc2O)c2ccc(F)c(F)c2)S(=O)(=O)Cc2ccc(Cl)cc2)cc1Cl. The maximum atomic E-state index is 14.5. The first-order valence-electron chi connectivity index (χ1n) is 12.3. The van der Waals surface area contributed by atoms with Gasteiger partial charge in [-0.1, -0.05) is 59.6 Å². The molecule has 0 aliphatic heterocycles. The van der Waals surface area contributed by atoms with Crippen molar-refractivity contribution >= 4 is 38.9 Å². The van der Waals surface area contributed by atoms with E-state index in [4.69, 9.17) is 23.2 Å². The lowest BCUT2D eigenvalue weighted by Gasteiger charge is -2.37.